The second-order valence-corrected chi connectivity index (χ2v) is 4.70. The maximum absolute atomic E-state index is 11.2. The van der Waals surface area contributed by atoms with Crippen molar-refractivity contribution < 1.29 is 19.0 Å². The summed E-state index contributed by atoms with van der Waals surface area (Å²) in [5.74, 6) is 0.295. The van der Waals surface area contributed by atoms with Crippen LogP contribution in [-0.2, 0) is 20.7 Å². The molecule has 1 atom stereocenters. The highest BCUT2D eigenvalue weighted by Crippen LogP contribution is 2.24. The normalized spacial score (nSPS) is 17.2. The fraction of sp³-hybridized carbons (Fsp3) is 0.312. The highest BCUT2D eigenvalue weighted by molar-refractivity contribution is 5.90. The molecule has 0 radical (unpaired) electrons. The molecule has 1 aromatic carbocycles. The Morgan fingerprint density at radius 1 is 1.57 bits per heavy atom. The van der Waals surface area contributed by atoms with Crippen molar-refractivity contribution in [2.45, 2.75) is 12.5 Å². The third kappa shape index (κ3) is 4.36. The third-order valence-electron chi connectivity index (χ3n) is 3.06. The molecule has 0 bridgehead atoms. The number of epoxide rings is 1. The summed E-state index contributed by atoms with van der Waals surface area (Å²) < 4.78 is 15.4. The van der Waals surface area contributed by atoms with Gasteiger partial charge in [-0.1, -0.05) is 6.08 Å². The van der Waals surface area contributed by atoms with E-state index in [4.69, 9.17) is 15.2 Å². The fourth-order valence-electron chi connectivity index (χ4n) is 1.83. The van der Waals surface area contributed by atoms with Crippen molar-refractivity contribution >= 4 is 11.7 Å². The van der Waals surface area contributed by atoms with Gasteiger partial charge >= 0.3 is 5.97 Å². The van der Waals surface area contributed by atoms with E-state index >= 15 is 0 Å². The third-order valence-corrected chi connectivity index (χ3v) is 3.06. The van der Waals surface area contributed by atoms with Crippen LogP contribution in [0, 0.1) is 0 Å². The lowest BCUT2D eigenvalue weighted by atomic mass is 10.0. The van der Waals surface area contributed by atoms with E-state index < -0.39 is 5.97 Å². The standard InChI is InChI=1S/C16H19NO4/c1-3-4-12-7-11(14(17)8-16(18)19-2)5-6-15(12)21-10-13-9-20-13/h3,5-8,13H,1,4,9-10,17H2,2H3. The molecule has 112 valence electrons. The van der Waals surface area contributed by atoms with E-state index in [0.717, 1.165) is 23.5 Å². The molecule has 1 fully saturated rings. The molecule has 1 aliphatic heterocycles. The molecule has 2 rings (SSSR count). The average molecular weight is 289 g/mol. The van der Waals surface area contributed by atoms with Gasteiger partial charge in [0.25, 0.3) is 0 Å². The lowest BCUT2D eigenvalue weighted by Crippen LogP contribution is -2.07. The van der Waals surface area contributed by atoms with Crippen LogP contribution in [0.4, 0.5) is 0 Å². The Hall–Kier alpha value is -2.27. The Labute approximate surface area is 124 Å². The maximum Gasteiger partial charge on any atom is 0.332 e. The number of hydrogen-bond donors (Lipinski definition) is 1. The molecule has 1 unspecified atom stereocenters. The van der Waals surface area contributed by atoms with Gasteiger partial charge in [-0.15, -0.1) is 6.58 Å². The number of nitrogens with two attached hydrogens (primary N) is 1. The SMILES string of the molecule is C=CCc1cc(C(N)=CC(=O)OC)ccc1OCC1CO1. The second kappa shape index (κ2) is 6.95. The molecule has 0 aromatic heterocycles. The summed E-state index contributed by atoms with van der Waals surface area (Å²) >= 11 is 0. The number of carbonyl (C=O) groups excluding carboxylic acids is 1. The molecule has 21 heavy (non-hydrogen) atoms. The summed E-state index contributed by atoms with van der Waals surface area (Å²) in [6.45, 7) is 5.03. The molecule has 5 nitrogen and oxygen atoms in total. The first kappa shape index (κ1) is 15.1. The van der Waals surface area contributed by atoms with Crippen molar-refractivity contribution in [3.8, 4) is 5.75 Å². The van der Waals surface area contributed by atoms with Gasteiger partial charge in [0.05, 0.1) is 13.7 Å². The van der Waals surface area contributed by atoms with Crippen molar-refractivity contribution in [2.75, 3.05) is 20.3 Å². The summed E-state index contributed by atoms with van der Waals surface area (Å²) in [5, 5.41) is 0. The number of hydrogen-bond acceptors (Lipinski definition) is 5. The predicted molar refractivity (Wildman–Crippen MR) is 79.8 cm³/mol. The van der Waals surface area contributed by atoms with Gasteiger partial charge in [-0.2, -0.15) is 0 Å². The summed E-state index contributed by atoms with van der Waals surface area (Å²) in [6, 6.07) is 5.54. The molecule has 0 saturated carbocycles. The molecule has 1 aliphatic rings. The van der Waals surface area contributed by atoms with Crippen molar-refractivity contribution in [3.05, 3.63) is 48.1 Å². The van der Waals surface area contributed by atoms with Gasteiger partial charge in [-0.25, -0.2) is 4.79 Å². The second-order valence-electron chi connectivity index (χ2n) is 4.70. The highest BCUT2D eigenvalue weighted by Gasteiger charge is 2.23. The topological polar surface area (TPSA) is 74.1 Å². The van der Waals surface area contributed by atoms with Gasteiger partial charge in [-0.3, -0.25) is 0 Å². The minimum absolute atomic E-state index is 0.200. The molecule has 0 spiro atoms. The van der Waals surface area contributed by atoms with E-state index in [2.05, 4.69) is 11.3 Å². The molecule has 1 heterocycles. The zero-order valence-corrected chi connectivity index (χ0v) is 12.0. The smallest absolute Gasteiger partial charge is 0.332 e. The van der Waals surface area contributed by atoms with Crippen molar-refractivity contribution in [2.24, 2.45) is 5.73 Å². The Morgan fingerprint density at radius 2 is 2.33 bits per heavy atom. The van der Waals surface area contributed by atoms with Crippen LogP contribution in [0.25, 0.3) is 5.70 Å². The van der Waals surface area contributed by atoms with Crippen molar-refractivity contribution in [1.82, 2.24) is 0 Å². The Kier molecular flexibility index (Phi) is 5.00. The van der Waals surface area contributed by atoms with Crippen LogP contribution in [0.2, 0.25) is 0 Å². The quantitative estimate of drug-likeness (QED) is 0.358. The van der Waals surface area contributed by atoms with Gasteiger partial charge in [0.2, 0.25) is 0 Å². The Bertz CT molecular complexity index is 561. The zero-order chi connectivity index (χ0) is 15.2. The van der Waals surface area contributed by atoms with Gasteiger partial charge in [-0.05, 0) is 35.7 Å². The van der Waals surface area contributed by atoms with Crippen LogP contribution in [-0.4, -0.2) is 32.4 Å². The number of esters is 1. The highest BCUT2D eigenvalue weighted by atomic mass is 16.6. The summed E-state index contributed by atoms with van der Waals surface area (Å²) in [6.07, 6.45) is 3.90. The number of methoxy groups -OCH3 is 1. The number of ether oxygens (including phenoxy) is 3. The molecule has 1 aromatic rings. The summed E-state index contributed by atoms with van der Waals surface area (Å²) in [5.41, 5.74) is 7.95. The molecular weight excluding hydrogens is 270 g/mol. The number of benzene rings is 1. The number of carbonyl (C=O) groups is 1. The Balaban J connectivity index is 2.19. The van der Waals surface area contributed by atoms with Crippen LogP contribution >= 0.6 is 0 Å². The number of allylic oxidation sites excluding steroid dienone is 1. The van der Waals surface area contributed by atoms with Gasteiger partial charge in [0, 0.05) is 11.8 Å². The summed E-state index contributed by atoms with van der Waals surface area (Å²) in [7, 11) is 1.31. The van der Waals surface area contributed by atoms with E-state index in [1.54, 1.807) is 6.08 Å². The largest absolute Gasteiger partial charge is 0.490 e. The lowest BCUT2D eigenvalue weighted by molar-refractivity contribution is -0.134. The molecule has 5 heteroatoms. The maximum atomic E-state index is 11.2. The molecule has 1 saturated heterocycles. The predicted octanol–water partition coefficient (Wildman–Crippen LogP) is 1.67. The molecule has 2 N–H and O–H groups in total. The monoisotopic (exact) mass is 289 g/mol. The Morgan fingerprint density at radius 3 is 2.95 bits per heavy atom. The fourth-order valence-corrected chi connectivity index (χ4v) is 1.83. The van der Waals surface area contributed by atoms with Gasteiger partial charge in [0.1, 0.15) is 18.5 Å². The zero-order valence-electron chi connectivity index (χ0n) is 12.0. The van der Waals surface area contributed by atoms with Gasteiger partial charge < -0.3 is 19.9 Å². The molecular formula is C16H19NO4. The van der Waals surface area contributed by atoms with E-state index in [1.807, 2.05) is 18.2 Å². The van der Waals surface area contributed by atoms with Crippen LogP contribution in [0.1, 0.15) is 11.1 Å². The molecule has 0 amide bonds. The average Bonchev–Trinajstić information content (AvgIpc) is 3.30. The van der Waals surface area contributed by atoms with Crippen LogP contribution < -0.4 is 10.5 Å². The lowest BCUT2D eigenvalue weighted by Gasteiger charge is -2.12. The van der Waals surface area contributed by atoms with E-state index in [9.17, 15) is 4.79 Å². The molecule has 0 aliphatic carbocycles. The van der Waals surface area contributed by atoms with E-state index in [1.165, 1.54) is 13.2 Å². The van der Waals surface area contributed by atoms with Crippen LogP contribution in [0.15, 0.2) is 36.9 Å². The van der Waals surface area contributed by atoms with E-state index in [0.29, 0.717) is 18.7 Å². The number of rotatable bonds is 7. The van der Waals surface area contributed by atoms with E-state index in [-0.39, 0.29) is 6.10 Å². The van der Waals surface area contributed by atoms with Crippen molar-refractivity contribution in [3.63, 3.8) is 0 Å². The first-order valence-corrected chi connectivity index (χ1v) is 6.67. The summed E-state index contributed by atoms with van der Waals surface area (Å²) in [4.78, 5) is 11.2. The van der Waals surface area contributed by atoms with Crippen LogP contribution in [0.3, 0.4) is 0 Å². The van der Waals surface area contributed by atoms with Gasteiger partial charge in [0.15, 0.2) is 0 Å². The first-order chi connectivity index (χ1) is 10.1. The van der Waals surface area contributed by atoms with Crippen LogP contribution in [0.5, 0.6) is 5.75 Å². The minimum atomic E-state index is -0.482. The minimum Gasteiger partial charge on any atom is -0.490 e. The van der Waals surface area contributed by atoms with Crippen molar-refractivity contribution in [1.29, 1.82) is 0 Å². The first-order valence-electron chi connectivity index (χ1n) is 6.67.